The number of hydrogen-bond donors (Lipinski definition) is 2. The number of unbranched alkanes of at least 4 members (excludes halogenated alkanes) is 1. The first-order valence-corrected chi connectivity index (χ1v) is 7.29. The number of sulfonamides is 1. The van der Waals surface area contributed by atoms with Crippen LogP contribution in [0.15, 0.2) is 0 Å². The first kappa shape index (κ1) is 16.3. The van der Waals surface area contributed by atoms with Gasteiger partial charge in [0.25, 0.3) is 0 Å². The molecule has 0 atom stereocenters. The Morgan fingerprint density at radius 3 is 2.53 bits per heavy atom. The van der Waals surface area contributed by atoms with Crippen LogP contribution in [0.5, 0.6) is 0 Å². The van der Waals surface area contributed by atoms with Crippen molar-refractivity contribution in [2.75, 3.05) is 18.9 Å². The van der Waals surface area contributed by atoms with E-state index in [9.17, 15) is 13.2 Å². The first-order chi connectivity index (χ1) is 7.83. The predicted octanol–water partition coefficient (Wildman–Crippen LogP) is 0.586. The molecule has 0 spiro atoms. The quantitative estimate of drug-likeness (QED) is 0.565. The van der Waals surface area contributed by atoms with Crippen molar-refractivity contribution in [1.82, 2.24) is 4.72 Å². The standard InChI is InChI=1S/C10H21NO5S/c1-9(2)16-7-8-17(14,15)11-6-4-3-5-10(12)13/h9,11H,3-8H2,1-2H3,(H,12,13). The van der Waals surface area contributed by atoms with Crippen LogP contribution in [0.4, 0.5) is 0 Å². The Labute approximate surface area is 102 Å². The van der Waals surface area contributed by atoms with E-state index in [2.05, 4.69) is 4.72 Å². The zero-order chi connectivity index (χ0) is 13.3. The minimum absolute atomic E-state index is 0.0146. The summed E-state index contributed by atoms with van der Waals surface area (Å²) in [5.74, 6) is -0.928. The predicted molar refractivity (Wildman–Crippen MR) is 64.4 cm³/mol. The van der Waals surface area contributed by atoms with Gasteiger partial charge in [0.05, 0.1) is 18.5 Å². The Hall–Kier alpha value is -0.660. The van der Waals surface area contributed by atoms with Crippen LogP contribution in [0.1, 0.15) is 33.1 Å². The molecule has 0 unspecified atom stereocenters. The SMILES string of the molecule is CC(C)OCCS(=O)(=O)NCCCCC(=O)O. The Morgan fingerprint density at radius 2 is 2.00 bits per heavy atom. The maximum Gasteiger partial charge on any atom is 0.303 e. The van der Waals surface area contributed by atoms with Crippen LogP contribution in [-0.2, 0) is 19.6 Å². The summed E-state index contributed by atoms with van der Waals surface area (Å²) >= 11 is 0. The zero-order valence-electron chi connectivity index (χ0n) is 10.3. The lowest BCUT2D eigenvalue weighted by Crippen LogP contribution is -2.29. The van der Waals surface area contributed by atoms with Gasteiger partial charge in [0.2, 0.25) is 10.0 Å². The number of carboxylic acids is 1. The summed E-state index contributed by atoms with van der Waals surface area (Å²) in [4.78, 5) is 10.2. The van der Waals surface area contributed by atoms with E-state index in [1.807, 2.05) is 13.8 Å². The number of rotatable bonds is 10. The molecule has 102 valence electrons. The Balaban J connectivity index is 3.61. The van der Waals surface area contributed by atoms with Crippen molar-refractivity contribution in [3.8, 4) is 0 Å². The van der Waals surface area contributed by atoms with Gasteiger partial charge in [-0.3, -0.25) is 4.79 Å². The highest BCUT2D eigenvalue weighted by Gasteiger charge is 2.09. The Kier molecular flexibility index (Phi) is 8.11. The van der Waals surface area contributed by atoms with Gasteiger partial charge < -0.3 is 9.84 Å². The summed E-state index contributed by atoms with van der Waals surface area (Å²) in [6, 6.07) is 0. The number of aliphatic carboxylic acids is 1. The summed E-state index contributed by atoms with van der Waals surface area (Å²) in [6.07, 6.45) is 1.08. The van der Waals surface area contributed by atoms with Crippen LogP contribution in [0.3, 0.4) is 0 Å². The second-order valence-electron chi connectivity index (χ2n) is 3.98. The number of nitrogens with one attached hydrogen (secondary N) is 1. The van der Waals surface area contributed by atoms with Crippen molar-refractivity contribution in [2.24, 2.45) is 0 Å². The molecule has 0 saturated heterocycles. The van der Waals surface area contributed by atoms with Crippen molar-refractivity contribution in [1.29, 1.82) is 0 Å². The molecule has 0 heterocycles. The third-order valence-corrected chi connectivity index (χ3v) is 3.29. The summed E-state index contributed by atoms with van der Waals surface area (Å²) in [6.45, 7) is 4.12. The molecule has 0 aliphatic rings. The molecule has 0 fully saturated rings. The summed E-state index contributed by atoms with van der Waals surface area (Å²) in [7, 11) is -3.30. The molecule has 0 radical (unpaired) electrons. The van der Waals surface area contributed by atoms with Gasteiger partial charge in [-0.15, -0.1) is 0 Å². The van der Waals surface area contributed by atoms with Crippen LogP contribution >= 0.6 is 0 Å². The Morgan fingerprint density at radius 1 is 1.35 bits per heavy atom. The smallest absolute Gasteiger partial charge is 0.303 e. The summed E-state index contributed by atoms with van der Waals surface area (Å²) in [5.41, 5.74) is 0. The topological polar surface area (TPSA) is 92.7 Å². The molecule has 0 rings (SSSR count). The highest BCUT2D eigenvalue weighted by atomic mass is 32.2. The van der Waals surface area contributed by atoms with Crippen molar-refractivity contribution < 1.29 is 23.1 Å². The highest BCUT2D eigenvalue weighted by molar-refractivity contribution is 7.89. The molecule has 7 heteroatoms. The average molecular weight is 267 g/mol. The van der Waals surface area contributed by atoms with Gasteiger partial charge in [0, 0.05) is 13.0 Å². The lowest BCUT2D eigenvalue weighted by Gasteiger charge is -2.09. The molecule has 0 aliphatic heterocycles. The molecule has 17 heavy (non-hydrogen) atoms. The number of carbonyl (C=O) groups is 1. The van der Waals surface area contributed by atoms with Gasteiger partial charge in [-0.05, 0) is 26.7 Å². The third kappa shape index (κ3) is 11.6. The fourth-order valence-corrected chi connectivity index (χ4v) is 2.01. The van der Waals surface area contributed by atoms with E-state index in [-0.39, 0.29) is 31.4 Å². The summed E-state index contributed by atoms with van der Waals surface area (Å²) in [5, 5.41) is 8.39. The van der Waals surface area contributed by atoms with E-state index in [1.165, 1.54) is 0 Å². The zero-order valence-corrected chi connectivity index (χ0v) is 11.1. The van der Waals surface area contributed by atoms with E-state index in [0.29, 0.717) is 12.8 Å². The highest BCUT2D eigenvalue weighted by Crippen LogP contribution is 1.95. The maximum absolute atomic E-state index is 11.4. The molecule has 0 aromatic carbocycles. The lowest BCUT2D eigenvalue weighted by molar-refractivity contribution is -0.137. The van der Waals surface area contributed by atoms with Crippen LogP contribution in [-0.4, -0.2) is 44.5 Å². The second-order valence-corrected chi connectivity index (χ2v) is 5.91. The molecule has 0 amide bonds. The van der Waals surface area contributed by atoms with Crippen LogP contribution < -0.4 is 4.72 Å². The van der Waals surface area contributed by atoms with Crippen molar-refractivity contribution >= 4 is 16.0 Å². The van der Waals surface area contributed by atoms with Crippen molar-refractivity contribution in [3.63, 3.8) is 0 Å². The minimum Gasteiger partial charge on any atom is -0.481 e. The molecule has 0 aliphatic carbocycles. The van der Waals surface area contributed by atoms with Gasteiger partial charge in [-0.25, -0.2) is 13.1 Å². The number of hydrogen-bond acceptors (Lipinski definition) is 4. The van der Waals surface area contributed by atoms with Gasteiger partial charge >= 0.3 is 5.97 Å². The van der Waals surface area contributed by atoms with E-state index < -0.39 is 16.0 Å². The van der Waals surface area contributed by atoms with Gasteiger partial charge in [-0.1, -0.05) is 0 Å². The fraction of sp³-hybridized carbons (Fsp3) is 0.900. The van der Waals surface area contributed by atoms with E-state index in [1.54, 1.807) is 0 Å². The van der Waals surface area contributed by atoms with Crippen LogP contribution in [0.25, 0.3) is 0 Å². The van der Waals surface area contributed by atoms with E-state index in [0.717, 1.165) is 0 Å². The fourth-order valence-electron chi connectivity index (χ4n) is 1.09. The second kappa shape index (κ2) is 8.43. The molecule has 6 nitrogen and oxygen atoms in total. The maximum atomic E-state index is 11.4. The van der Waals surface area contributed by atoms with Crippen LogP contribution in [0, 0.1) is 0 Å². The average Bonchev–Trinajstić information content (AvgIpc) is 2.15. The molecule has 0 saturated carbocycles. The first-order valence-electron chi connectivity index (χ1n) is 5.64. The normalized spacial score (nSPS) is 11.9. The molecular weight excluding hydrogens is 246 g/mol. The van der Waals surface area contributed by atoms with E-state index in [4.69, 9.17) is 9.84 Å². The number of carboxylic acid groups (broad SMARTS) is 1. The Bertz CT molecular complexity index is 313. The molecule has 2 N–H and O–H groups in total. The molecule has 0 bridgehead atoms. The summed E-state index contributed by atoms with van der Waals surface area (Å²) < 4.78 is 30.3. The monoisotopic (exact) mass is 267 g/mol. The molecule has 0 aromatic heterocycles. The van der Waals surface area contributed by atoms with Crippen LogP contribution in [0.2, 0.25) is 0 Å². The van der Waals surface area contributed by atoms with Crippen molar-refractivity contribution in [3.05, 3.63) is 0 Å². The van der Waals surface area contributed by atoms with Gasteiger partial charge in [-0.2, -0.15) is 0 Å². The van der Waals surface area contributed by atoms with E-state index >= 15 is 0 Å². The largest absolute Gasteiger partial charge is 0.481 e. The molecular formula is C10H21NO5S. The minimum atomic E-state index is -3.30. The number of ether oxygens (including phenoxy) is 1. The van der Waals surface area contributed by atoms with Crippen molar-refractivity contribution in [2.45, 2.75) is 39.2 Å². The lowest BCUT2D eigenvalue weighted by atomic mass is 10.2. The molecule has 0 aromatic rings. The van der Waals surface area contributed by atoms with Gasteiger partial charge in [0.15, 0.2) is 0 Å². The third-order valence-electron chi connectivity index (χ3n) is 1.94. The van der Waals surface area contributed by atoms with Gasteiger partial charge in [0.1, 0.15) is 0 Å².